The Hall–Kier alpha value is -2.62. The van der Waals surface area contributed by atoms with Crippen LogP contribution in [0, 0.1) is 0 Å². The maximum atomic E-state index is 12.1. The first-order chi connectivity index (χ1) is 13.8. The molecule has 0 radical (unpaired) electrons. The Balaban J connectivity index is 2.04. The van der Waals surface area contributed by atoms with E-state index in [4.69, 9.17) is 0 Å². The van der Waals surface area contributed by atoms with Crippen LogP contribution in [0.3, 0.4) is 0 Å². The van der Waals surface area contributed by atoms with Gasteiger partial charge in [0.15, 0.2) is 0 Å². The molecule has 0 heterocycles. The molecule has 0 saturated carbocycles. The minimum atomic E-state index is -0.0780. The fraction of sp³-hybridized carbons (Fsp3) is 0.440. The fourth-order valence-corrected chi connectivity index (χ4v) is 2.98. The van der Waals surface area contributed by atoms with Gasteiger partial charge >= 0.3 is 0 Å². The molecule has 0 spiro atoms. The summed E-state index contributed by atoms with van der Waals surface area (Å²) >= 11 is 0. The zero-order chi connectivity index (χ0) is 21.4. The van der Waals surface area contributed by atoms with Gasteiger partial charge in [0.2, 0.25) is 0 Å². The Kier molecular flexibility index (Phi) is 8.44. The molecule has 0 aliphatic carbocycles. The molecule has 0 bridgehead atoms. The van der Waals surface area contributed by atoms with Gasteiger partial charge < -0.3 is 10.2 Å². The zero-order valence-electron chi connectivity index (χ0n) is 18.2. The zero-order valence-corrected chi connectivity index (χ0v) is 18.2. The highest BCUT2D eigenvalue weighted by Gasteiger charge is 2.05. The van der Waals surface area contributed by atoms with Gasteiger partial charge in [0.1, 0.15) is 0 Å². The van der Waals surface area contributed by atoms with E-state index in [-0.39, 0.29) is 17.5 Å². The van der Waals surface area contributed by atoms with Crippen molar-refractivity contribution in [3.8, 4) is 11.5 Å². The monoisotopic (exact) mass is 392 g/mol. The summed E-state index contributed by atoms with van der Waals surface area (Å²) in [5, 5.41) is 24.1. The molecule has 4 heteroatoms. The minimum Gasteiger partial charge on any atom is -0.872 e. The molecular formula is C25H32N2O2-2. The van der Waals surface area contributed by atoms with Crippen molar-refractivity contribution >= 4 is 12.4 Å². The summed E-state index contributed by atoms with van der Waals surface area (Å²) in [5.74, 6) is 0.792. The predicted molar refractivity (Wildman–Crippen MR) is 119 cm³/mol. The number of rotatable bonds is 9. The van der Waals surface area contributed by atoms with E-state index in [1.807, 2.05) is 31.2 Å². The Morgan fingerprint density at radius 2 is 1.28 bits per heavy atom. The summed E-state index contributed by atoms with van der Waals surface area (Å²) in [5.41, 5.74) is 3.54. The standard InChI is InChI=1S/C25H34N2O2/c1-6-17(3)20-8-10-24(28)22(12-20)15-26-14-19(5)27-16-23-13-21(18(4)7-2)9-11-25(23)29/h8-13,15-19,28-29H,6-7,14H2,1-5H3/p-2/t17?,18?,19-/m0/s1. The van der Waals surface area contributed by atoms with E-state index in [9.17, 15) is 10.2 Å². The Bertz CT molecular complexity index is 858. The van der Waals surface area contributed by atoms with Gasteiger partial charge in [-0.3, -0.25) is 9.98 Å². The Labute approximate surface area is 175 Å². The van der Waals surface area contributed by atoms with Gasteiger partial charge in [-0.1, -0.05) is 64.1 Å². The summed E-state index contributed by atoms with van der Waals surface area (Å²) in [7, 11) is 0. The lowest BCUT2D eigenvalue weighted by atomic mass is 9.97. The number of hydrogen-bond acceptors (Lipinski definition) is 4. The number of nitrogens with zero attached hydrogens (tertiary/aromatic N) is 2. The van der Waals surface area contributed by atoms with E-state index in [2.05, 4.69) is 37.7 Å². The maximum Gasteiger partial charge on any atom is 0.0666 e. The maximum absolute atomic E-state index is 12.1. The van der Waals surface area contributed by atoms with Crippen LogP contribution in [0.4, 0.5) is 0 Å². The summed E-state index contributed by atoms with van der Waals surface area (Å²) in [6, 6.07) is 10.8. The van der Waals surface area contributed by atoms with Crippen molar-refractivity contribution in [2.45, 2.75) is 65.3 Å². The highest BCUT2D eigenvalue weighted by atomic mass is 16.3. The average Bonchev–Trinajstić information content (AvgIpc) is 2.73. The average molecular weight is 393 g/mol. The molecule has 2 aromatic rings. The molecule has 2 unspecified atom stereocenters. The molecule has 156 valence electrons. The molecule has 0 N–H and O–H groups in total. The predicted octanol–water partition coefficient (Wildman–Crippen LogP) is 4.79. The van der Waals surface area contributed by atoms with E-state index in [0.717, 1.165) is 24.0 Å². The minimum absolute atomic E-state index is 0.0187. The van der Waals surface area contributed by atoms with Crippen LogP contribution in [0.2, 0.25) is 0 Å². The highest BCUT2D eigenvalue weighted by Crippen LogP contribution is 2.24. The van der Waals surface area contributed by atoms with E-state index in [0.29, 0.717) is 29.5 Å². The number of benzene rings is 2. The van der Waals surface area contributed by atoms with Crippen LogP contribution in [0.5, 0.6) is 11.5 Å². The van der Waals surface area contributed by atoms with Gasteiger partial charge in [0.25, 0.3) is 0 Å². The first kappa shape index (κ1) is 22.7. The van der Waals surface area contributed by atoms with Gasteiger partial charge in [0.05, 0.1) is 12.6 Å². The van der Waals surface area contributed by atoms with E-state index < -0.39 is 0 Å². The van der Waals surface area contributed by atoms with Gasteiger partial charge in [-0.05, 0) is 53.9 Å². The third-order valence-electron chi connectivity index (χ3n) is 5.50. The first-order valence-corrected chi connectivity index (χ1v) is 10.5. The lowest BCUT2D eigenvalue weighted by molar-refractivity contribution is -0.269. The van der Waals surface area contributed by atoms with Crippen LogP contribution in [0.25, 0.3) is 0 Å². The Morgan fingerprint density at radius 3 is 1.76 bits per heavy atom. The molecule has 29 heavy (non-hydrogen) atoms. The molecule has 0 aliphatic heterocycles. The van der Waals surface area contributed by atoms with Crippen LogP contribution < -0.4 is 10.2 Å². The second kappa shape index (κ2) is 10.8. The summed E-state index contributed by atoms with van der Waals surface area (Å²) in [4.78, 5) is 8.88. The molecule has 0 fully saturated rings. The largest absolute Gasteiger partial charge is 0.872 e. The van der Waals surface area contributed by atoms with Gasteiger partial charge in [0, 0.05) is 12.4 Å². The van der Waals surface area contributed by atoms with Crippen molar-refractivity contribution in [3.63, 3.8) is 0 Å². The van der Waals surface area contributed by atoms with Crippen LogP contribution in [0.15, 0.2) is 46.4 Å². The van der Waals surface area contributed by atoms with E-state index in [1.54, 1.807) is 24.6 Å². The molecule has 2 rings (SSSR count). The molecule has 3 atom stereocenters. The third-order valence-corrected chi connectivity index (χ3v) is 5.50. The van der Waals surface area contributed by atoms with Crippen LogP contribution >= 0.6 is 0 Å². The van der Waals surface area contributed by atoms with Crippen molar-refractivity contribution in [1.82, 2.24) is 0 Å². The van der Waals surface area contributed by atoms with Crippen molar-refractivity contribution in [2.24, 2.45) is 9.98 Å². The second-order valence-corrected chi connectivity index (χ2v) is 7.83. The lowest BCUT2D eigenvalue weighted by Gasteiger charge is -2.16. The van der Waals surface area contributed by atoms with Crippen molar-refractivity contribution in [2.75, 3.05) is 6.54 Å². The second-order valence-electron chi connectivity index (χ2n) is 7.83. The topological polar surface area (TPSA) is 70.8 Å². The van der Waals surface area contributed by atoms with Crippen molar-refractivity contribution < 1.29 is 10.2 Å². The molecule has 2 aromatic carbocycles. The Morgan fingerprint density at radius 1 is 0.793 bits per heavy atom. The van der Waals surface area contributed by atoms with Crippen molar-refractivity contribution in [3.05, 3.63) is 58.7 Å². The van der Waals surface area contributed by atoms with E-state index >= 15 is 0 Å². The van der Waals surface area contributed by atoms with Gasteiger partial charge in [-0.15, -0.1) is 11.5 Å². The normalized spacial score (nSPS) is 15.1. The number of hydrogen-bond donors (Lipinski definition) is 0. The lowest BCUT2D eigenvalue weighted by Crippen LogP contribution is -2.06. The van der Waals surface area contributed by atoms with Crippen LogP contribution in [-0.2, 0) is 0 Å². The summed E-state index contributed by atoms with van der Waals surface area (Å²) in [6.45, 7) is 11.0. The van der Waals surface area contributed by atoms with Crippen LogP contribution in [-0.4, -0.2) is 25.0 Å². The summed E-state index contributed by atoms with van der Waals surface area (Å²) < 4.78 is 0. The quantitative estimate of drug-likeness (QED) is 0.576. The molecule has 0 aromatic heterocycles. The molecule has 0 amide bonds. The number of aliphatic imine (C=N–C) groups is 2. The van der Waals surface area contributed by atoms with Gasteiger partial charge in [-0.2, -0.15) is 0 Å². The smallest absolute Gasteiger partial charge is 0.0666 e. The molecule has 0 aliphatic rings. The SMILES string of the molecule is CCC(C)c1ccc([O-])c(C=NC[C@H](C)N=Cc2cc(C(C)CC)ccc2[O-])c1. The van der Waals surface area contributed by atoms with Crippen molar-refractivity contribution in [1.29, 1.82) is 0 Å². The van der Waals surface area contributed by atoms with Crippen LogP contribution in [0.1, 0.15) is 81.5 Å². The molecular weight excluding hydrogens is 360 g/mol. The van der Waals surface area contributed by atoms with E-state index in [1.165, 1.54) is 0 Å². The third kappa shape index (κ3) is 6.45. The first-order valence-electron chi connectivity index (χ1n) is 10.5. The highest BCUT2D eigenvalue weighted by molar-refractivity contribution is 5.84. The molecule has 0 saturated heterocycles. The van der Waals surface area contributed by atoms with Gasteiger partial charge in [-0.25, -0.2) is 0 Å². The summed E-state index contributed by atoms with van der Waals surface area (Å²) in [6.07, 6.45) is 5.35. The molecule has 4 nitrogen and oxygen atoms in total. The fourth-order valence-electron chi connectivity index (χ4n) is 2.98.